The van der Waals surface area contributed by atoms with Crippen LogP contribution in [-0.4, -0.2) is 72.7 Å². The third kappa shape index (κ3) is 6.29. The van der Waals surface area contributed by atoms with Gasteiger partial charge < -0.3 is 19.1 Å². The van der Waals surface area contributed by atoms with Crippen LogP contribution in [0.25, 0.3) is 10.2 Å². The van der Waals surface area contributed by atoms with E-state index >= 15 is 0 Å². The Kier molecular flexibility index (Phi) is 8.82. The number of halogens is 1. The van der Waals surface area contributed by atoms with E-state index in [2.05, 4.69) is 38.0 Å². The van der Waals surface area contributed by atoms with E-state index in [1.54, 1.807) is 7.11 Å². The van der Waals surface area contributed by atoms with Crippen LogP contribution >= 0.6 is 39.0 Å². The van der Waals surface area contributed by atoms with Crippen LogP contribution in [0.15, 0.2) is 58.0 Å². The summed E-state index contributed by atoms with van der Waals surface area (Å²) < 4.78 is 9.27. The van der Waals surface area contributed by atoms with E-state index in [-0.39, 0.29) is 23.3 Å². The van der Waals surface area contributed by atoms with Crippen LogP contribution < -0.4 is 9.70 Å². The molecule has 1 fully saturated rings. The van der Waals surface area contributed by atoms with Crippen molar-refractivity contribution < 1.29 is 14.3 Å². The first-order valence-electron chi connectivity index (χ1n) is 11.1. The summed E-state index contributed by atoms with van der Waals surface area (Å²) in [7, 11) is 1.66. The number of anilines is 1. The van der Waals surface area contributed by atoms with E-state index in [4.69, 9.17) is 4.74 Å². The van der Waals surface area contributed by atoms with Gasteiger partial charge in [-0.25, -0.2) is 0 Å². The van der Waals surface area contributed by atoms with Crippen molar-refractivity contribution in [2.45, 2.75) is 6.54 Å². The molecule has 2 amide bonds. The van der Waals surface area contributed by atoms with Crippen molar-refractivity contribution in [2.75, 3.05) is 56.3 Å². The number of carbonyl (C=O) groups is 2. The molecule has 1 aliphatic heterocycles. The van der Waals surface area contributed by atoms with Crippen LogP contribution in [0.2, 0.25) is 0 Å². The van der Waals surface area contributed by atoms with Gasteiger partial charge in [-0.05, 0) is 30.3 Å². The van der Waals surface area contributed by atoms with Crippen LogP contribution in [0, 0.1) is 0 Å². The normalized spacial score (nSPS) is 14.7. The van der Waals surface area contributed by atoms with Gasteiger partial charge in [-0.1, -0.05) is 45.5 Å². The van der Waals surface area contributed by atoms with Gasteiger partial charge in [0.1, 0.15) is 0 Å². The molecule has 1 saturated heterocycles. The van der Waals surface area contributed by atoms with Gasteiger partial charge >= 0.3 is 0 Å². The fourth-order valence-corrected chi connectivity index (χ4v) is 6.16. The highest BCUT2D eigenvalue weighted by Crippen LogP contribution is 2.22. The molecule has 180 valence electrons. The molecule has 2 heterocycles. The number of thiazole rings is 1. The lowest BCUT2D eigenvalue weighted by molar-refractivity contribution is -0.128. The fourth-order valence-electron chi connectivity index (χ4n) is 3.84. The minimum atomic E-state index is -0.233. The second kappa shape index (κ2) is 12.0. The monoisotopic (exact) mass is 562 g/mol. The predicted octanol–water partition coefficient (Wildman–Crippen LogP) is 3.62. The lowest BCUT2D eigenvalue weighted by Crippen LogP contribution is -2.49. The van der Waals surface area contributed by atoms with Crippen LogP contribution in [0.3, 0.4) is 0 Å². The zero-order valence-corrected chi connectivity index (χ0v) is 22.2. The number of thioether (sulfide) groups is 1. The van der Waals surface area contributed by atoms with Crippen molar-refractivity contribution >= 4 is 66.7 Å². The molecule has 4 rings (SSSR count). The van der Waals surface area contributed by atoms with Gasteiger partial charge in [0.05, 0.1) is 28.3 Å². The van der Waals surface area contributed by atoms with Crippen LogP contribution in [0.1, 0.15) is 0 Å². The number of para-hydroxylation sites is 1. The number of rotatable bonds is 8. The average molecular weight is 564 g/mol. The summed E-state index contributed by atoms with van der Waals surface area (Å²) in [5, 5.41) is 0. The highest BCUT2D eigenvalue weighted by molar-refractivity contribution is 9.10. The zero-order valence-electron chi connectivity index (χ0n) is 19.0. The molecule has 1 aliphatic rings. The number of nitrogens with zero attached hydrogens (tertiary/aromatic N) is 4. The number of aromatic nitrogens is 1. The molecule has 3 aromatic rings. The number of ether oxygens (including phenoxy) is 1. The van der Waals surface area contributed by atoms with E-state index in [0.29, 0.717) is 31.0 Å². The SMILES string of the molecule is COCCn1c(=NC(=O)CSCC(=O)N2CCN(c3ccccc3)CC2)sc2cc(Br)ccc21. The highest BCUT2D eigenvalue weighted by atomic mass is 79.9. The van der Waals surface area contributed by atoms with Crippen molar-refractivity contribution in [1.82, 2.24) is 9.47 Å². The molecular formula is C24H27BrN4O3S2. The molecule has 1 aromatic heterocycles. The highest BCUT2D eigenvalue weighted by Gasteiger charge is 2.21. The molecule has 0 saturated carbocycles. The van der Waals surface area contributed by atoms with E-state index < -0.39 is 0 Å². The Morgan fingerprint density at radius 2 is 1.85 bits per heavy atom. The number of carbonyl (C=O) groups excluding carboxylic acids is 2. The molecule has 2 aromatic carbocycles. The predicted molar refractivity (Wildman–Crippen MR) is 143 cm³/mol. The average Bonchev–Trinajstić information content (AvgIpc) is 3.18. The molecule has 10 heteroatoms. The molecule has 0 bridgehead atoms. The van der Waals surface area contributed by atoms with Crippen molar-refractivity contribution in [3.8, 4) is 0 Å². The minimum Gasteiger partial charge on any atom is -0.383 e. The Morgan fingerprint density at radius 1 is 1.09 bits per heavy atom. The summed E-state index contributed by atoms with van der Waals surface area (Å²) in [5.41, 5.74) is 2.21. The number of amides is 2. The first kappa shape index (κ1) is 25.0. The smallest absolute Gasteiger partial charge is 0.258 e. The largest absolute Gasteiger partial charge is 0.383 e. The van der Waals surface area contributed by atoms with Crippen molar-refractivity contribution in [1.29, 1.82) is 0 Å². The fraction of sp³-hybridized carbons (Fsp3) is 0.375. The van der Waals surface area contributed by atoms with Gasteiger partial charge in [0.2, 0.25) is 5.91 Å². The summed E-state index contributed by atoms with van der Waals surface area (Å²) in [4.78, 5) is 34.4. The quantitative estimate of drug-likeness (QED) is 0.419. The van der Waals surface area contributed by atoms with E-state index in [9.17, 15) is 9.59 Å². The van der Waals surface area contributed by atoms with Gasteiger partial charge in [-0.15, -0.1) is 11.8 Å². The number of methoxy groups -OCH3 is 1. The van der Waals surface area contributed by atoms with E-state index in [0.717, 1.165) is 27.8 Å². The van der Waals surface area contributed by atoms with Crippen LogP contribution in [0.4, 0.5) is 5.69 Å². The standard InChI is InChI=1S/C24H27BrN4O3S2/c1-32-14-13-29-20-8-7-18(25)15-21(20)34-24(29)26-22(30)16-33-17-23(31)28-11-9-27(10-12-28)19-5-3-2-4-6-19/h2-8,15H,9-14,16-17H2,1H3. The zero-order chi connectivity index (χ0) is 23.9. The van der Waals surface area contributed by atoms with E-state index in [1.165, 1.54) is 28.8 Å². The van der Waals surface area contributed by atoms with E-state index in [1.807, 2.05) is 45.9 Å². The van der Waals surface area contributed by atoms with Gasteiger partial charge in [0.15, 0.2) is 4.80 Å². The summed E-state index contributed by atoms with van der Waals surface area (Å²) in [6.07, 6.45) is 0. The van der Waals surface area contributed by atoms with Gasteiger partial charge in [-0.3, -0.25) is 9.59 Å². The van der Waals surface area contributed by atoms with Gasteiger partial charge in [0, 0.05) is 50.0 Å². The van der Waals surface area contributed by atoms with Crippen LogP contribution in [0.5, 0.6) is 0 Å². The number of hydrogen-bond acceptors (Lipinski definition) is 6. The molecule has 0 unspecified atom stereocenters. The Hall–Kier alpha value is -2.14. The first-order valence-corrected chi connectivity index (χ1v) is 13.8. The molecule has 0 atom stereocenters. The maximum atomic E-state index is 12.6. The maximum absolute atomic E-state index is 12.6. The summed E-state index contributed by atoms with van der Waals surface area (Å²) >= 11 is 6.30. The second-order valence-electron chi connectivity index (χ2n) is 7.84. The summed E-state index contributed by atoms with van der Waals surface area (Å²) in [5.74, 6) is 0.309. The van der Waals surface area contributed by atoms with Crippen molar-refractivity contribution in [2.24, 2.45) is 4.99 Å². The minimum absolute atomic E-state index is 0.0763. The number of benzene rings is 2. The lowest BCUT2D eigenvalue weighted by atomic mass is 10.2. The van der Waals surface area contributed by atoms with Gasteiger partial charge in [-0.2, -0.15) is 4.99 Å². The molecule has 34 heavy (non-hydrogen) atoms. The number of hydrogen-bond donors (Lipinski definition) is 0. The molecular weight excluding hydrogens is 536 g/mol. The summed E-state index contributed by atoms with van der Waals surface area (Å²) in [6.45, 7) is 4.18. The summed E-state index contributed by atoms with van der Waals surface area (Å²) in [6, 6.07) is 16.3. The topological polar surface area (TPSA) is 67.1 Å². The third-order valence-corrected chi connectivity index (χ3v) is 8.03. The van der Waals surface area contributed by atoms with Gasteiger partial charge in [0.25, 0.3) is 5.91 Å². The maximum Gasteiger partial charge on any atom is 0.258 e. The Bertz CT molecular complexity index is 1200. The van der Waals surface area contributed by atoms with Crippen molar-refractivity contribution in [3.63, 3.8) is 0 Å². The molecule has 0 spiro atoms. The molecule has 0 radical (unpaired) electrons. The lowest BCUT2D eigenvalue weighted by Gasteiger charge is -2.36. The number of fused-ring (bicyclic) bond motifs is 1. The molecule has 0 N–H and O–H groups in total. The van der Waals surface area contributed by atoms with Crippen molar-refractivity contribution in [3.05, 3.63) is 57.8 Å². The Balaban J connectivity index is 1.31. The molecule has 7 nitrogen and oxygen atoms in total. The first-order chi connectivity index (χ1) is 16.5. The Morgan fingerprint density at radius 3 is 2.59 bits per heavy atom. The van der Waals surface area contributed by atoms with Crippen LogP contribution in [-0.2, 0) is 20.9 Å². The second-order valence-corrected chi connectivity index (χ2v) is 10.8. The molecule has 0 aliphatic carbocycles. The Labute approximate surface area is 215 Å². The third-order valence-electron chi connectivity index (χ3n) is 5.59. The number of piperazine rings is 1.